The molecule has 3 N–H and O–H groups in total. The first-order valence-corrected chi connectivity index (χ1v) is 7.48. The maximum absolute atomic E-state index is 12.0. The van der Waals surface area contributed by atoms with Gasteiger partial charge in [-0.25, -0.2) is 0 Å². The van der Waals surface area contributed by atoms with Crippen molar-refractivity contribution in [3.05, 3.63) is 28.2 Å². The number of benzene rings is 1. The van der Waals surface area contributed by atoms with Crippen LogP contribution >= 0.6 is 15.9 Å². The van der Waals surface area contributed by atoms with E-state index in [1.54, 1.807) is 12.1 Å². The van der Waals surface area contributed by atoms with Crippen molar-refractivity contribution in [1.82, 2.24) is 10.2 Å². The monoisotopic (exact) mass is 325 g/mol. The number of nitrogens with one attached hydrogen (secondary N) is 1. The summed E-state index contributed by atoms with van der Waals surface area (Å²) in [6, 6.07) is 6.05. The zero-order valence-electron chi connectivity index (χ0n) is 11.2. The normalized spacial score (nSPS) is 14.7. The van der Waals surface area contributed by atoms with Gasteiger partial charge in [0.05, 0.1) is 5.56 Å². The zero-order valence-corrected chi connectivity index (χ0v) is 12.7. The summed E-state index contributed by atoms with van der Waals surface area (Å²) < 4.78 is 0.882. The lowest BCUT2D eigenvalue weighted by molar-refractivity contribution is 0.0949. The van der Waals surface area contributed by atoms with Crippen LogP contribution in [0.25, 0.3) is 0 Å². The van der Waals surface area contributed by atoms with E-state index in [4.69, 9.17) is 5.73 Å². The van der Waals surface area contributed by atoms with Gasteiger partial charge in [0.25, 0.3) is 5.91 Å². The van der Waals surface area contributed by atoms with Crippen LogP contribution in [0.3, 0.4) is 0 Å². The predicted octanol–water partition coefficient (Wildman–Crippen LogP) is 2.25. The first kappa shape index (κ1) is 14.3. The second-order valence-electron chi connectivity index (χ2n) is 4.85. The SMILES string of the molecule is CCN(CCNC(=O)c1ccc(Br)cc1N)C1CC1. The molecule has 1 aromatic rings. The molecular formula is C14H20BrN3O. The number of nitrogens with two attached hydrogens (primary N) is 1. The van der Waals surface area contributed by atoms with E-state index >= 15 is 0 Å². The highest BCUT2D eigenvalue weighted by atomic mass is 79.9. The maximum Gasteiger partial charge on any atom is 0.253 e. The van der Waals surface area contributed by atoms with Crippen LogP contribution in [-0.4, -0.2) is 36.5 Å². The Labute approximate surface area is 122 Å². The standard InChI is InChI=1S/C14H20BrN3O/c1-2-18(11-4-5-11)8-7-17-14(19)12-6-3-10(15)9-13(12)16/h3,6,9,11H,2,4-5,7-8,16H2,1H3,(H,17,19). The topological polar surface area (TPSA) is 58.4 Å². The molecule has 1 amide bonds. The molecule has 5 heteroatoms. The fourth-order valence-electron chi connectivity index (χ4n) is 2.19. The molecule has 0 saturated heterocycles. The lowest BCUT2D eigenvalue weighted by Gasteiger charge is -2.19. The van der Waals surface area contributed by atoms with Gasteiger partial charge < -0.3 is 11.1 Å². The quantitative estimate of drug-likeness (QED) is 0.789. The highest BCUT2D eigenvalue weighted by Gasteiger charge is 2.27. The fraction of sp³-hybridized carbons (Fsp3) is 0.500. The molecule has 1 fully saturated rings. The Bertz CT molecular complexity index is 460. The van der Waals surface area contributed by atoms with Crippen molar-refractivity contribution in [2.75, 3.05) is 25.4 Å². The summed E-state index contributed by atoms with van der Waals surface area (Å²) in [5.74, 6) is -0.100. The molecule has 0 unspecified atom stereocenters. The molecule has 19 heavy (non-hydrogen) atoms. The number of halogens is 1. The van der Waals surface area contributed by atoms with E-state index in [2.05, 4.69) is 33.1 Å². The van der Waals surface area contributed by atoms with Gasteiger partial charge in [0, 0.05) is 29.3 Å². The number of rotatable bonds is 6. The average Bonchev–Trinajstić information content (AvgIpc) is 3.18. The molecule has 4 nitrogen and oxygen atoms in total. The molecule has 2 rings (SSSR count). The number of nitrogens with zero attached hydrogens (tertiary/aromatic N) is 1. The Kier molecular flexibility index (Phi) is 4.82. The molecule has 0 spiro atoms. The third-order valence-corrected chi connectivity index (χ3v) is 3.91. The van der Waals surface area contributed by atoms with Crippen LogP contribution < -0.4 is 11.1 Å². The summed E-state index contributed by atoms with van der Waals surface area (Å²) in [5, 5.41) is 2.93. The van der Waals surface area contributed by atoms with E-state index in [0.717, 1.165) is 23.6 Å². The average molecular weight is 326 g/mol. The van der Waals surface area contributed by atoms with E-state index in [1.807, 2.05) is 6.07 Å². The van der Waals surface area contributed by atoms with Crippen LogP contribution in [0.2, 0.25) is 0 Å². The minimum atomic E-state index is -0.100. The minimum Gasteiger partial charge on any atom is -0.398 e. The van der Waals surface area contributed by atoms with Crippen molar-refractivity contribution in [2.24, 2.45) is 0 Å². The molecule has 0 bridgehead atoms. The lowest BCUT2D eigenvalue weighted by Crippen LogP contribution is -2.36. The van der Waals surface area contributed by atoms with Crippen LogP contribution in [0.15, 0.2) is 22.7 Å². The van der Waals surface area contributed by atoms with Crippen molar-refractivity contribution in [2.45, 2.75) is 25.8 Å². The van der Waals surface area contributed by atoms with E-state index < -0.39 is 0 Å². The Morgan fingerprint density at radius 2 is 2.26 bits per heavy atom. The number of carbonyl (C=O) groups is 1. The molecule has 0 radical (unpaired) electrons. The second-order valence-corrected chi connectivity index (χ2v) is 5.76. The highest BCUT2D eigenvalue weighted by molar-refractivity contribution is 9.10. The summed E-state index contributed by atoms with van der Waals surface area (Å²) in [4.78, 5) is 14.4. The minimum absolute atomic E-state index is 0.100. The zero-order chi connectivity index (χ0) is 13.8. The van der Waals surface area contributed by atoms with Crippen molar-refractivity contribution in [3.8, 4) is 0 Å². The van der Waals surface area contributed by atoms with Gasteiger partial charge >= 0.3 is 0 Å². The van der Waals surface area contributed by atoms with Gasteiger partial charge in [0.15, 0.2) is 0 Å². The molecule has 1 saturated carbocycles. The van der Waals surface area contributed by atoms with Gasteiger partial charge in [0.2, 0.25) is 0 Å². The van der Waals surface area contributed by atoms with Gasteiger partial charge in [-0.3, -0.25) is 9.69 Å². The fourth-order valence-corrected chi connectivity index (χ4v) is 2.57. The number of amides is 1. The number of carbonyl (C=O) groups excluding carboxylic acids is 1. The number of likely N-dealkylation sites (N-methyl/N-ethyl adjacent to an activating group) is 1. The van der Waals surface area contributed by atoms with Gasteiger partial charge in [0.1, 0.15) is 0 Å². The maximum atomic E-state index is 12.0. The van der Waals surface area contributed by atoms with Crippen LogP contribution in [0.1, 0.15) is 30.1 Å². The summed E-state index contributed by atoms with van der Waals surface area (Å²) in [5.41, 5.74) is 6.88. The molecular weight excluding hydrogens is 306 g/mol. The number of hydrogen-bond acceptors (Lipinski definition) is 3. The highest BCUT2D eigenvalue weighted by Crippen LogP contribution is 2.25. The molecule has 0 atom stereocenters. The molecule has 104 valence electrons. The summed E-state index contributed by atoms with van der Waals surface area (Å²) >= 11 is 3.33. The Morgan fingerprint density at radius 1 is 1.53 bits per heavy atom. The predicted molar refractivity (Wildman–Crippen MR) is 81.2 cm³/mol. The molecule has 0 aromatic heterocycles. The Hall–Kier alpha value is -1.07. The van der Waals surface area contributed by atoms with Crippen LogP contribution in [0, 0.1) is 0 Å². The number of hydrogen-bond donors (Lipinski definition) is 2. The van der Waals surface area contributed by atoms with Gasteiger partial charge in [-0.15, -0.1) is 0 Å². The molecule has 1 aromatic carbocycles. The first-order valence-electron chi connectivity index (χ1n) is 6.69. The Morgan fingerprint density at radius 3 is 2.84 bits per heavy atom. The van der Waals surface area contributed by atoms with E-state index in [1.165, 1.54) is 12.8 Å². The Balaban J connectivity index is 1.83. The third kappa shape index (κ3) is 3.94. The van der Waals surface area contributed by atoms with Crippen molar-refractivity contribution < 1.29 is 4.79 Å². The summed E-state index contributed by atoms with van der Waals surface area (Å²) in [7, 11) is 0. The molecule has 1 aliphatic carbocycles. The van der Waals surface area contributed by atoms with Crippen molar-refractivity contribution >= 4 is 27.5 Å². The van der Waals surface area contributed by atoms with Crippen molar-refractivity contribution in [1.29, 1.82) is 0 Å². The summed E-state index contributed by atoms with van der Waals surface area (Å²) in [6.45, 7) is 4.77. The number of anilines is 1. The molecule has 0 heterocycles. The third-order valence-electron chi connectivity index (χ3n) is 3.41. The lowest BCUT2D eigenvalue weighted by atomic mass is 10.1. The van der Waals surface area contributed by atoms with Crippen LogP contribution in [-0.2, 0) is 0 Å². The van der Waals surface area contributed by atoms with Gasteiger partial charge in [-0.1, -0.05) is 22.9 Å². The van der Waals surface area contributed by atoms with Crippen molar-refractivity contribution in [3.63, 3.8) is 0 Å². The number of nitrogen functional groups attached to an aromatic ring is 1. The molecule has 1 aliphatic rings. The summed E-state index contributed by atoms with van der Waals surface area (Å²) in [6.07, 6.45) is 2.59. The van der Waals surface area contributed by atoms with Crippen LogP contribution in [0.4, 0.5) is 5.69 Å². The largest absolute Gasteiger partial charge is 0.398 e. The molecule has 0 aliphatic heterocycles. The van der Waals surface area contributed by atoms with Crippen LogP contribution in [0.5, 0.6) is 0 Å². The van der Waals surface area contributed by atoms with Gasteiger partial charge in [-0.05, 0) is 37.6 Å². The van der Waals surface area contributed by atoms with E-state index in [-0.39, 0.29) is 5.91 Å². The van der Waals surface area contributed by atoms with Gasteiger partial charge in [-0.2, -0.15) is 0 Å². The smallest absolute Gasteiger partial charge is 0.253 e. The van der Waals surface area contributed by atoms with E-state index in [9.17, 15) is 4.79 Å². The van der Waals surface area contributed by atoms with E-state index in [0.29, 0.717) is 17.8 Å². The second kappa shape index (κ2) is 6.39. The first-order chi connectivity index (χ1) is 9.11.